The molecule has 4 fully saturated rings. The highest BCUT2D eigenvalue weighted by Gasteiger charge is 2.37. The maximum absolute atomic E-state index is 9.23. The average Bonchev–Trinajstić information content (AvgIpc) is 0.774. The average molecular weight is 1550 g/mol. The Bertz CT molecular complexity index is 5330. The van der Waals surface area contributed by atoms with Crippen LogP contribution in [-0.2, 0) is 28.2 Å². The van der Waals surface area contributed by atoms with Gasteiger partial charge in [-0.2, -0.15) is 0 Å². The van der Waals surface area contributed by atoms with E-state index >= 15 is 0 Å². The van der Waals surface area contributed by atoms with Crippen LogP contribution >= 0.6 is 0 Å². The summed E-state index contributed by atoms with van der Waals surface area (Å²) in [5.41, 5.74) is 31.6. The van der Waals surface area contributed by atoms with Gasteiger partial charge in [0.1, 0.15) is 28.2 Å². The van der Waals surface area contributed by atoms with E-state index < -0.39 is 11.8 Å². The number of aryl methyl sites for hydroxylation is 8. The lowest BCUT2D eigenvalue weighted by molar-refractivity contribution is -0.660. The molecule has 0 radical (unpaired) electrons. The van der Waals surface area contributed by atoms with Crippen LogP contribution in [0.1, 0.15) is 255 Å². The molecule has 8 aromatic carbocycles. The molecule has 4 saturated carbocycles. The van der Waals surface area contributed by atoms with Gasteiger partial charge in [-0.25, -0.2) is 18.3 Å². The molecule has 2 atom stereocenters. The molecule has 0 aliphatic heterocycles. The first-order chi connectivity index (χ1) is 57.0. The van der Waals surface area contributed by atoms with Crippen LogP contribution < -0.4 is 18.3 Å². The van der Waals surface area contributed by atoms with Crippen molar-refractivity contribution in [2.24, 2.45) is 56.3 Å². The summed E-state index contributed by atoms with van der Waals surface area (Å²) in [4.78, 5) is 0. The van der Waals surface area contributed by atoms with E-state index in [1.165, 1.54) is 232 Å². The number of pyridine rings is 4. The smallest absolute Gasteiger partial charge is 0.201 e. The zero-order valence-electron chi connectivity index (χ0n) is 76.1. The van der Waals surface area contributed by atoms with E-state index in [1.807, 2.05) is 6.92 Å². The van der Waals surface area contributed by atoms with Gasteiger partial charge in [0.15, 0.2) is 24.8 Å². The number of benzene rings is 8. The van der Waals surface area contributed by atoms with Crippen molar-refractivity contribution in [3.8, 4) is 89.5 Å². The Morgan fingerprint density at radius 1 is 0.333 bits per heavy atom. The number of rotatable bonds is 15. The van der Waals surface area contributed by atoms with Crippen molar-refractivity contribution in [1.29, 1.82) is 0 Å². The van der Waals surface area contributed by atoms with Gasteiger partial charge in [0, 0.05) is 73.5 Å². The Hall–Kier alpha value is -9.64. The molecule has 4 aromatic heterocycles. The largest absolute Gasteiger partial charge is 0.213 e. The van der Waals surface area contributed by atoms with Gasteiger partial charge in [-0.15, -0.1) is 0 Å². The monoisotopic (exact) mass is 1550 g/mol. The summed E-state index contributed by atoms with van der Waals surface area (Å²) in [6.45, 7) is 26.6. The first-order valence-corrected chi connectivity index (χ1v) is 44.6. The third kappa shape index (κ3) is 22.2. The molecule has 4 heteroatoms. The topological polar surface area (TPSA) is 15.5 Å². The number of aromatic nitrogens is 4. The molecular weight excluding hydrogens is 1410 g/mol. The molecule has 1 spiro atoms. The van der Waals surface area contributed by atoms with Gasteiger partial charge >= 0.3 is 0 Å². The normalized spacial score (nSPS) is 17.7. The van der Waals surface area contributed by atoms with Crippen LogP contribution in [0.4, 0.5) is 0 Å². The van der Waals surface area contributed by atoms with Gasteiger partial charge in [-0.3, -0.25) is 0 Å². The SMILES string of the molecule is Cc1ccccc1-c1cc(-c2ccc(C(C)CC(C)(C)C)cc2)cc[n+]1C.Cc1ccccc1-c1cc(-c2ccc(C3CCC(C4CCCCC4)CC3)cc2)cc[n+]1C.[2H]C(C)(CC(C)(C)C)c1ccc(-c2cc[n+](C)c(-c3ccccc3C)c2)cc1.[2H]C1(c2ccc(-c3cc[n+](C)c(-c4ccccc4C)c3)cc2)CCC2(CCCCC2)CC1. The van der Waals surface area contributed by atoms with E-state index in [2.05, 4.69) is 390 Å². The lowest BCUT2D eigenvalue weighted by atomic mass is 9.62. The van der Waals surface area contributed by atoms with E-state index in [-0.39, 0.29) is 5.41 Å². The van der Waals surface area contributed by atoms with Crippen LogP contribution in [0.2, 0.25) is 0 Å². The maximum atomic E-state index is 9.23. The summed E-state index contributed by atoms with van der Waals surface area (Å²) in [5, 5.41) is 0. The van der Waals surface area contributed by atoms with Gasteiger partial charge in [0.2, 0.25) is 22.8 Å². The highest BCUT2D eigenvalue weighted by molar-refractivity contribution is 5.74. The first kappa shape index (κ1) is 82.5. The van der Waals surface area contributed by atoms with Gasteiger partial charge in [0.05, 0.1) is 0 Å². The molecule has 117 heavy (non-hydrogen) atoms. The molecule has 4 heterocycles. The predicted molar refractivity (Wildman–Crippen MR) is 496 cm³/mol. The molecule has 0 bridgehead atoms. The van der Waals surface area contributed by atoms with Crippen LogP contribution in [0.15, 0.2) is 267 Å². The van der Waals surface area contributed by atoms with Gasteiger partial charge in [0.25, 0.3) is 0 Å². The highest BCUT2D eigenvalue weighted by Crippen LogP contribution is 2.52. The summed E-state index contributed by atoms with van der Waals surface area (Å²) in [5.74, 6) is 2.41. The lowest BCUT2D eigenvalue weighted by Gasteiger charge is -2.43. The zero-order valence-corrected chi connectivity index (χ0v) is 74.1. The molecule has 4 aliphatic carbocycles. The number of hydrogen-bond donors (Lipinski definition) is 0. The zero-order chi connectivity index (χ0) is 84.2. The van der Waals surface area contributed by atoms with Crippen LogP contribution in [0.3, 0.4) is 0 Å². The third-order valence-corrected chi connectivity index (χ3v) is 26.8. The van der Waals surface area contributed by atoms with Crippen LogP contribution in [0.25, 0.3) is 89.5 Å². The fraction of sp³-hybridized carbons (Fsp3) is 0.398. The standard InChI is InChI=1S/C31H38N.C30H36N.2C26H32N/c1-23-8-6-7-11-30(23)31-22-29(20-21-32(31)2)28-18-16-27(17-19-28)26-14-12-25(13-15-26)24-9-4-3-5-10-24;1-23-8-4-5-9-28(23)29-22-27(16-21-31(29)2)25-12-10-24(11-13-25)26-14-19-30(20-15-26)17-6-3-7-18-30;2*1-19-9-7-8-10-24(19)25-17-23(15-16-27(25)6)22-13-11-21(12-14-22)20(2)18-26(3,4)5/h6-8,11,16-22,24-26H,3-5,9-10,12-15H2,1-2H3;4-5,8-13,16,21-22,26H,3,6-7,14-15,17-20H2,1-2H3;2*7-17,20H,18H2,1-6H3/q4*+1/i;26D;20D;. The Morgan fingerprint density at radius 3 is 1.00 bits per heavy atom. The number of hydrogen-bond acceptors (Lipinski definition) is 0. The summed E-state index contributed by atoms with van der Waals surface area (Å²) >= 11 is 0. The van der Waals surface area contributed by atoms with Crippen molar-refractivity contribution in [2.75, 3.05) is 0 Å². The van der Waals surface area contributed by atoms with E-state index in [4.69, 9.17) is 1.37 Å². The molecule has 0 saturated heterocycles. The van der Waals surface area contributed by atoms with Crippen LogP contribution in [0.5, 0.6) is 0 Å². The Balaban J connectivity index is 0.000000138. The lowest BCUT2D eigenvalue weighted by Crippen LogP contribution is -2.30. The quantitative estimate of drug-likeness (QED) is 0.0909. The fourth-order valence-electron chi connectivity index (χ4n) is 19.9. The summed E-state index contributed by atoms with van der Waals surface area (Å²) in [6, 6.07) is 88.4. The van der Waals surface area contributed by atoms with Crippen molar-refractivity contribution in [1.82, 2.24) is 0 Å². The Kier molecular flexibility index (Phi) is 27.4. The number of nitrogens with zero attached hydrogens (tertiary/aromatic N) is 4. The second-order valence-corrected chi connectivity index (χ2v) is 38.2. The molecule has 0 N–H and O–H groups in total. The van der Waals surface area contributed by atoms with Crippen molar-refractivity contribution < 1.29 is 21.0 Å². The van der Waals surface area contributed by atoms with Crippen molar-refractivity contribution in [2.45, 2.75) is 235 Å². The maximum Gasteiger partial charge on any atom is 0.213 e. The van der Waals surface area contributed by atoms with Crippen LogP contribution in [-0.4, -0.2) is 0 Å². The van der Waals surface area contributed by atoms with E-state index in [0.29, 0.717) is 16.7 Å². The molecule has 2 unspecified atom stereocenters. The van der Waals surface area contributed by atoms with E-state index in [9.17, 15) is 1.37 Å². The molecular formula is C113H138N4+4. The third-order valence-electron chi connectivity index (χ3n) is 26.8. The second kappa shape index (κ2) is 38.8. The predicted octanol–water partition coefficient (Wildman–Crippen LogP) is 29.2. The summed E-state index contributed by atoms with van der Waals surface area (Å²) < 4.78 is 26.8. The Labute approximate surface area is 709 Å². The highest BCUT2D eigenvalue weighted by atomic mass is 14.9. The second-order valence-electron chi connectivity index (χ2n) is 38.2. The summed E-state index contributed by atoms with van der Waals surface area (Å²) in [6.07, 6.45) is 35.3. The van der Waals surface area contributed by atoms with E-state index in [1.54, 1.807) is 5.56 Å². The minimum atomic E-state index is -0.577. The van der Waals surface area contributed by atoms with Crippen LogP contribution in [0, 0.1) is 55.8 Å². The molecule has 606 valence electrons. The van der Waals surface area contributed by atoms with Gasteiger partial charge < -0.3 is 0 Å². The first-order valence-electron chi connectivity index (χ1n) is 45.6. The van der Waals surface area contributed by atoms with E-state index in [0.717, 1.165) is 42.6 Å². The molecule has 12 aromatic rings. The fourth-order valence-corrected chi connectivity index (χ4v) is 19.9. The Morgan fingerprint density at radius 2 is 0.650 bits per heavy atom. The minimum Gasteiger partial charge on any atom is -0.201 e. The molecule has 16 rings (SSSR count). The molecule has 4 aliphatic rings. The molecule has 4 nitrogen and oxygen atoms in total. The van der Waals surface area contributed by atoms with Crippen molar-refractivity contribution in [3.05, 3.63) is 312 Å². The van der Waals surface area contributed by atoms with Crippen molar-refractivity contribution in [3.63, 3.8) is 0 Å². The summed E-state index contributed by atoms with van der Waals surface area (Å²) in [7, 11) is 8.45. The minimum absolute atomic E-state index is 0.131. The van der Waals surface area contributed by atoms with Gasteiger partial charge in [-0.05, 0) is 270 Å². The van der Waals surface area contributed by atoms with Crippen molar-refractivity contribution >= 4 is 0 Å². The van der Waals surface area contributed by atoms with Gasteiger partial charge in [-0.1, -0.05) is 277 Å². The molecule has 0 amide bonds.